The fourth-order valence-electron chi connectivity index (χ4n) is 1.72. The summed E-state index contributed by atoms with van der Waals surface area (Å²) < 4.78 is 4.77. The zero-order valence-electron chi connectivity index (χ0n) is 12.4. The number of amides is 2. The van der Waals surface area contributed by atoms with E-state index in [1.807, 2.05) is 13.0 Å². The molecule has 2 rings (SSSR count). The topological polar surface area (TPSA) is 80.3 Å². The van der Waals surface area contributed by atoms with Gasteiger partial charge in [-0.05, 0) is 49.7 Å². The summed E-state index contributed by atoms with van der Waals surface area (Å²) in [6.45, 7) is 3.95. The lowest BCUT2D eigenvalue weighted by molar-refractivity contribution is 0.102. The van der Waals surface area contributed by atoms with E-state index in [4.69, 9.17) is 4.74 Å². The lowest BCUT2D eigenvalue weighted by Gasteiger charge is -2.07. The van der Waals surface area contributed by atoms with Gasteiger partial charge in [-0.3, -0.25) is 10.1 Å². The van der Waals surface area contributed by atoms with Gasteiger partial charge in [0.25, 0.3) is 5.91 Å². The number of hydrogen-bond acceptors (Lipinski definition) is 4. The molecule has 2 N–H and O–H groups in total. The Kier molecular flexibility index (Phi) is 5.08. The van der Waals surface area contributed by atoms with Crippen LogP contribution < -0.4 is 10.6 Å². The summed E-state index contributed by atoms with van der Waals surface area (Å²) >= 11 is 0. The van der Waals surface area contributed by atoms with E-state index in [0.29, 0.717) is 23.7 Å². The van der Waals surface area contributed by atoms with Crippen LogP contribution in [0.15, 0.2) is 42.6 Å². The average molecular weight is 299 g/mol. The molecule has 0 unspecified atom stereocenters. The van der Waals surface area contributed by atoms with Crippen LogP contribution in [0, 0.1) is 6.92 Å². The van der Waals surface area contributed by atoms with Crippen molar-refractivity contribution in [3.63, 3.8) is 0 Å². The third kappa shape index (κ3) is 4.31. The molecular formula is C16H17N3O3. The normalized spacial score (nSPS) is 9.91. The van der Waals surface area contributed by atoms with E-state index in [1.165, 1.54) is 0 Å². The number of nitrogens with zero attached hydrogens (tertiary/aromatic N) is 1. The smallest absolute Gasteiger partial charge is 0.411 e. The Bertz CT molecular complexity index is 651. The van der Waals surface area contributed by atoms with Gasteiger partial charge >= 0.3 is 6.09 Å². The number of anilines is 2. The van der Waals surface area contributed by atoms with Crippen LogP contribution >= 0.6 is 0 Å². The molecule has 0 aliphatic rings. The van der Waals surface area contributed by atoms with Crippen LogP contribution in [-0.4, -0.2) is 23.6 Å². The van der Waals surface area contributed by atoms with Gasteiger partial charge in [-0.2, -0.15) is 0 Å². The van der Waals surface area contributed by atoms with Crippen molar-refractivity contribution >= 4 is 23.5 Å². The summed E-state index contributed by atoms with van der Waals surface area (Å²) in [6, 6.07) is 10.1. The van der Waals surface area contributed by atoms with Crippen LogP contribution in [0.4, 0.5) is 16.3 Å². The van der Waals surface area contributed by atoms with Gasteiger partial charge in [0.1, 0.15) is 5.82 Å². The van der Waals surface area contributed by atoms with Gasteiger partial charge in [-0.1, -0.05) is 6.07 Å². The number of benzene rings is 1. The Morgan fingerprint density at radius 2 is 1.82 bits per heavy atom. The van der Waals surface area contributed by atoms with Gasteiger partial charge in [-0.25, -0.2) is 9.78 Å². The Hall–Kier alpha value is -2.89. The number of carbonyl (C=O) groups is 2. The molecule has 6 nitrogen and oxygen atoms in total. The second kappa shape index (κ2) is 7.21. The molecule has 2 aromatic rings. The molecule has 0 aliphatic carbocycles. The first-order valence-electron chi connectivity index (χ1n) is 6.86. The molecule has 22 heavy (non-hydrogen) atoms. The molecule has 1 aromatic carbocycles. The second-order valence-corrected chi connectivity index (χ2v) is 4.60. The number of ether oxygens (including phenoxy) is 1. The van der Waals surface area contributed by atoms with Gasteiger partial charge < -0.3 is 10.1 Å². The zero-order chi connectivity index (χ0) is 15.9. The lowest BCUT2D eigenvalue weighted by Crippen LogP contribution is -2.14. The van der Waals surface area contributed by atoms with E-state index in [2.05, 4.69) is 15.6 Å². The average Bonchev–Trinajstić information content (AvgIpc) is 2.50. The van der Waals surface area contributed by atoms with Gasteiger partial charge in [0.05, 0.1) is 6.61 Å². The van der Waals surface area contributed by atoms with Crippen LogP contribution in [0.25, 0.3) is 0 Å². The maximum absolute atomic E-state index is 12.1. The lowest BCUT2D eigenvalue weighted by atomic mass is 10.2. The molecule has 114 valence electrons. The number of nitrogens with one attached hydrogen (secondary N) is 2. The van der Waals surface area contributed by atoms with Crippen LogP contribution in [0.1, 0.15) is 22.8 Å². The van der Waals surface area contributed by atoms with E-state index in [0.717, 1.165) is 5.56 Å². The number of hydrogen-bond donors (Lipinski definition) is 2. The fraction of sp³-hybridized carbons (Fsp3) is 0.188. The van der Waals surface area contributed by atoms with E-state index in [-0.39, 0.29) is 5.91 Å². The maximum atomic E-state index is 12.1. The summed E-state index contributed by atoms with van der Waals surface area (Å²) in [5.41, 5.74) is 2.05. The van der Waals surface area contributed by atoms with Gasteiger partial charge in [0, 0.05) is 17.4 Å². The van der Waals surface area contributed by atoms with E-state index >= 15 is 0 Å². The molecule has 0 radical (unpaired) electrons. The van der Waals surface area contributed by atoms with Crippen molar-refractivity contribution in [3.8, 4) is 0 Å². The molecule has 1 heterocycles. The van der Waals surface area contributed by atoms with Crippen molar-refractivity contribution < 1.29 is 14.3 Å². The summed E-state index contributed by atoms with van der Waals surface area (Å²) in [5, 5.41) is 5.26. The Balaban J connectivity index is 1.98. The summed E-state index contributed by atoms with van der Waals surface area (Å²) in [4.78, 5) is 27.5. The molecule has 0 spiro atoms. The molecular weight excluding hydrogens is 282 g/mol. The molecule has 0 saturated heterocycles. The third-order valence-electron chi connectivity index (χ3n) is 2.82. The zero-order valence-corrected chi connectivity index (χ0v) is 12.4. The number of aromatic nitrogens is 1. The molecule has 0 aliphatic heterocycles. The van der Waals surface area contributed by atoms with Gasteiger partial charge in [0.2, 0.25) is 0 Å². The highest BCUT2D eigenvalue weighted by atomic mass is 16.5. The summed E-state index contributed by atoms with van der Waals surface area (Å²) in [7, 11) is 0. The Labute approximate surface area is 128 Å². The number of rotatable bonds is 4. The van der Waals surface area contributed by atoms with Crippen molar-refractivity contribution in [3.05, 3.63) is 53.7 Å². The predicted molar refractivity (Wildman–Crippen MR) is 84.0 cm³/mol. The first-order valence-corrected chi connectivity index (χ1v) is 6.86. The van der Waals surface area contributed by atoms with Crippen LogP contribution in [0.5, 0.6) is 0 Å². The third-order valence-corrected chi connectivity index (χ3v) is 2.82. The molecule has 0 atom stereocenters. The number of carbonyl (C=O) groups excluding carboxylic acids is 2. The van der Waals surface area contributed by atoms with E-state index < -0.39 is 6.09 Å². The van der Waals surface area contributed by atoms with Crippen molar-refractivity contribution in [1.29, 1.82) is 0 Å². The largest absolute Gasteiger partial charge is 0.450 e. The van der Waals surface area contributed by atoms with Crippen LogP contribution in [0.3, 0.4) is 0 Å². The summed E-state index contributed by atoms with van der Waals surface area (Å²) in [5.74, 6) is 0.225. The number of pyridine rings is 1. The van der Waals surface area contributed by atoms with Crippen molar-refractivity contribution in [2.45, 2.75) is 13.8 Å². The second-order valence-electron chi connectivity index (χ2n) is 4.60. The first kappa shape index (κ1) is 15.5. The minimum atomic E-state index is -0.524. The molecule has 2 amide bonds. The predicted octanol–water partition coefficient (Wildman–Crippen LogP) is 3.21. The minimum Gasteiger partial charge on any atom is -0.450 e. The standard InChI is InChI=1S/C16H17N3O3/c1-3-22-16(21)18-13-7-5-12(6-8-13)15(20)19-14-9-4-11(2)10-17-14/h4-10H,3H2,1-2H3,(H,18,21)(H,17,19,20). The summed E-state index contributed by atoms with van der Waals surface area (Å²) in [6.07, 6.45) is 1.16. The highest BCUT2D eigenvalue weighted by Gasteiger charge is 2.08. The van der Waals surface area contributed by atoms with Crippen molar-refractivity contribution in [2.24, 2.45) is 0 Å². The quantitative estimate of drug-likeness (QED) is 0.908. The highest BCUT2D eigenvalue weighted by molar-refractivity contribution is 6.04. The maximum Gasteiger partial charge on any atom is 0.411 e. The monoisotopic (exact) mass is 299 g/mol. The molecule has 0 saturated carbocycles. The molecule has 6 heteroatoms. The highest BCUT2D eigenvalue weighted by Crippen LogP contribution is 2.12. The SMILES string of the molecule is CCOC(=O)Nc1ccc(C(=O)Nc2ccc(C)cn2)cc1. The molecule has 0 bridgehead atoms. The van der Waals surface area contributed by atoms with Gasteiger partial charge in [-0.15, -0.1) is 0 Å². The van der Waals surface area contributed by atoms with Crippen LogP contribution in [-0.2, 0) is 4.74 Å². The first-order chi connectivity index (χ1) is 10.6. The van der Waals surface area contributed by atoms with E-state index in [9.17, 15) is 9.59 Å². The number of aryl methyl sites for hydroxylation is 1. The van der Waals surface area contributed by atoms with Gasteiger partial charge in [0.15, 0.2) is 0 Å². The molecule has 0 fully saturated rings. The van der Waals surface area contributed by atoms with Crippen LogP contribution in [0.2, 0.25) is 0 Å². The Morgan fingerprint density at radius 3 is 2.41 bits per heavy atom. The van der Waals surface area contributed by atoms with Crippen molar-refractivity contribution in [1.82, 2.24) is 4.98 Å². The minimum absolute atomic E-state index is 0.265. The fourth-order valence-corrected chi connectivity index (χ4v) is 1.72. The van der Waals surface area contributed by atoms with E-state index in [1.54, 1.807) is 43.5 Å². The Morgan fingerprint density at radius 1 is 1.09 bits per heavy atom. The van der Waals surface area contributed by atoms with Crippen molar-refractivity contribution in [2.75, 3.05) is 17.2 Å². The molecule has 1 aromatic heterocycles.